The molecule has 130 valence electrons. The second kappa shape index (κ2) is 7.78. The number of epoxide rings is 1. The van der Waals surface area contributed by atoms with Gasteiger partial charge < -0.3 is 14.9 Å². The Kier molecular flexibility index (Phi) is 6.24. The van der Waals surface area contributed by atoms with Gasteiger partial charge in [-0.15, -0.1) is 0 Å². The van der Waals surface area contributed by atoms with E-state index in [2.05, 4.69) is 26.8 Å². The summed E-state index contributed by atoms with van der Waals surface area (Å²) in [6, 6.07) is 0. The van der Waals surface area contributed by atoms with E-state index in [1.165, 1.54) is 11.1 Å². The van der Waals surface area contributed by atoms with Crippen molar-refractivity contribution in [3.63, 3.8) is 0 Å². The van der Waals surface area contributed by atoms with Crippen LogP contribution in [-0.2, 0) is 4.74 Å². The monoisotopic (exact) mass is 320 g/mol. The van der Waals surface area contributed by atoms with Crippen molar-refractivity contribution in [3.05, 3.63) is 34.4 Å². The molecule has 0 aromatic heterocycles. The third-order valence-electron chi connectivity index (χ3n) is 5.34. The second-order valence-electron chi connectivity index (χ2n) is 7.47. The zero-order valence-corrected chi connectivity index (χ0v) is 15.1. The standard InChI is InChI=1S/C20H32O3/c1-14-6-5-11-20(4)19(23-20)10-8-15(2)12-18(22)17(9-7-14)16(3)13-21/h6,12,18-19,21-22H,5,7-11,13H2,1-4H3/b14-6+,15-12+,17-16-. The normalized spacial score (nSPS) is 40.1. The molecule has 3 atom stereocenters. The van der Waals surface area contributed by atoms with Gasteiger partial charge in [-0.05, 0) is 77.4 Å². The first-order valence-corrected chi connectivity index (χ1v) is 8.84. The SMILES string of the molecule is C/C(CO)=C1\CC/C(C)=C/CCC2(C)OC2CC/C(C)=C/C1O. The third-order valence-corrected chi connectivity index (χ3v) is 5.34. The molecule has 2 rings (SSSR count). The summed E-state index contributed by atoms with van der Waals surface area (Å²) in [7, 11) is 0. The van der Waals surface area contributed by atoms with E-state index in [-0.39, 0.29) is 12.2 Å². The van der Waals surface area contributed by atoms with Gasteiger partial charge >= 0.3 is 0 Å². The molecule has 0 bridgehead atoms. The molecular formula is C20H32O3. The van der Waals surface area contributed by atoms with Crippen molar-refractivity contribution in [1.29, 1.82) is 0 Å². The first kappa shape index (κ1) is 18.4. The Labute approximate surface area is 140 Å². The van der Waals surface area contributed by atoms with Gasteiger partial charge in [-0.1, -0.05) is 23.3 Å². The van der Waals surface area contributed by atoms with Crippen LogP contribution in [0, 0.1) is 0 Å². The van der Waals surface area contributed by atoms with Gasteiger partial charge in [0.2, 0.25) is 0 Å². The van der Waals surface area contributed by atoms with Crippen molar-refractivity contribution in [1.82, 2.24) is 0 Å². The van der Waals surface area contributed by atoms with E-state index in [9.17, 15) is 10.2 Å². The predicted molar refractivity (Wildman–Crippen MR) is 94.3 cm³/mol. The summed E-state index contributed by atoms with van der Waals surface area (Å²) in [6.07, 6.45) is 9.84. The first-order valence-electron chi connectivity index (χ1n) is 8.84. The van der Waals surface area contributed by atoms with E-state index in [1.54, 1.807) is 0 Å². The average molecular weight is 320 g/mol. The number of rotatable bonds is 1. The number of hydrogen-bond donors (Lipinski definition) is 2. The molecule has 0 spiro atoms. The third kappa shape index (κ3) is 5.03. The van der Waals surface area contributed by atoms with Crippen LogP contribution in [0.4, 0.5) is 0 Å². The van der Waals surface area contributed by atoms with Crippen molar-refractivity contribution >= 4 is 0 Å². The lowest BCUT2D eigenvalue weighted by Crippen LogP contribution is -2.13. The Morgan fingerprint density at radius 2 is 2.00 bits per heavy atom. The molecule has 2 aliphatic rings. The molecule has 3 nitrogen and oxygen atoms in total. The zero-order valence-electron chi connectivity index (χ0n) is 15.1. The Bertz CT molecular complexity index is 515. The smallest absolute Gasteiger partial charge is 0.0937 e. The fourth-order valence-electron chi connectivity index (χ4n) is 3.44. The van der Waals surface area contributed by atoms with Crippen LogP contribution in [0.5, 0.6) is 0 Å². The molecule has 0 saturated carbocycles. The van der Waals surface area contributed by atoms with Crippen molar-refractivity contribution < 1.29 is 14.9 Å². The van der Waals surface area contributed by atoms with Gasteiger partial charge in [0.1, 0.15) is 0 Å². The van der Waals surface area contributed by atoms with Crippen LogP contribution >= 0.6 is 0 Å². The first-order chi connectivity index (χ1) is 10.9. The Morgan fingerprint density at radius 3 is 2.70 bits per heavy atom. The maximum atomic E-state index is 10.6. The van der Waals surface area contributed by atoms with Gasteiger partial charge in [0.15, 0.2) is 0 Å². The second-order valence-corrected chi connectivity index (χ2v) is 7.47. The molecular weight excluding hydrogens is 288 g/mol. The van der Waals surface area contributed by atoms with E-state index in [1.807, 2.05) is 13.0 Å². The minimum atomic E-state index is -0.593. The summed E-state index contributed by atoms with van der Waals surface area (Å²) in [4.78, 5) is 0. The molecule has 1 fully saturated rings. The van der Waals surface area contributed by atoms with Gasteiger partial charge in [-0.25, -0.2) is 0 Å². The van der Waals surface area contributed by atoms with E-state index in [0.29, 0.717) is 6.10 Å². The Hall–Kier alpha value is -0.900. The van der Waals surface area contributed by atoms with E-state index < -0.39 is 6.10 Å². The molecule has 3 heteroatoms. The average Bonchev–Trinajstić information content (AvgIpc) is 3.14. The molecule has 1 aliphatic carbocycles. The molecule has 1 heterocycles. The van der Waals surface area contributed by atoms with Crippen LogP contribution in [0.2, 0.25) is 0 Å². The van der Waals surface area contributed by atoms with Crippen molar-refractivity contribution in [2.75, 3.05) is 6.61 Å². The highest BCUT2D eigenvalue weighted by Crippen LogP contribution is 2.43. The van der Waals surface area contributed by atoms with Crippen LogP contribution in [0.1, 0.15) is 66.2 Å². The summed E-state index contributed by atoms with van der Waals surface area (Å²) in [5, 5.41) is 20.0. The van der Waals surface area contributed by atoms with Gasteiger partial charge in [0.25, 0.3) is 0 Å². The summed E-state index contributed by atoms with van der Waals surface area (Å²) in [5.41, 5.74) is 4.45. The predicted octanol–water partition coefficient (Wildman–Crippen LogP) is 4.06. The topological polar surface area (TPSA) is 53.0 Å². The van der Waals surface area contributed by atoms with E-state index in [4.69, 9.17) is 4.74 Å². The summed E-state index contributed by atoms with van der Waals surface area (Å²) >= 11 is 0. The highest BCUT2D eigenvalue weighted by Gasteiger charge is 2.50. The molecule has 1 saturated heterocycles. The lowest BCUT2D eigenvalue weighted by molar-refractivity contribution is 0.247. The quantitative estimate of drug-likeness (QED) is 0.566. The molecule has 23 heavy (non-hydrogen) atoms. The van der Waals surface area contributed by atoms with Crippen molar-refractivity contribution in [2.45, 2.75) is 84.0 Å². The highest BCUT2D eigenvalue weighted by molar-refractivity contribution is 5.25. The van der Waals surface area contributed by atoms with Gasteiger partial charge in [0.05, 0.1) is 24.4 Å². The summed E-state index contributed by atoms with van der Waals surface area (Å²) in [6.45, 7) is 8.36. The van der Waals surface area contributed by atoms with Crippen LogP contribution in [0.15, 0.2) is 34.4 Å². The fraction of sp³-hybridized carbons (Fsp3) is 0.700. The number of hydrogen-bond acceptors (Lipinski definition) is 3. The molecule has 0 radical (unpaired) electrons. The Morgan fingerprint density at radius 1 is 1.26 bits per heavy atom. The number of allylic oxidation sites excluding steroid dienone is 3. The van der Waals surface area contributed by atoms with Crippen LogP contribution < -0.4 is 0 Å². The molecule has 0 amide bonds. The summed E-state index contributed by atoms with van der Waals surface area (Å²) < 4.78 is 5.91. The molecule has 3 unspecified atom stereocenters. The Balaban J connectivity index is 2.18. The molecule has 1 aliphatic heterocycles. The molecule has 0 aromatic rings. The van der Waals surface area contributed by atoms with Gasteiger partial charge in [0, 0.05) is 0 Å². The van der Waals surface area contributed by atoms with Crippen LogP contribution in [0.25, 0.3) is 0 Å². The van der Waals surface area contributed by atoms with Gasteiger partial charge in [-0.3, -0.25) is 0 Å². The lowest BCUT2D eigenvalue weighted by Gasteiger charge is -2.17. The zero-order chi connectivity index (χ0) is 17.0. The number of fused-ring (bicyclic) bond motifs is 1. The minimum absolute atomic E-state index is 0.0102. The molecule has 2 N–H and O–H groups in total. The van der Waals surface area contributed by atoms with Gasteiger partial charge in [-0.2, -0.15) is 0 Å². The van der Waals surface area contributed by atoms with E-state index >= 15 is 0 Å². The number of ether oxygens (including phenoxy) is 1. The van der Waals surface area contributed by atoms with Crippen LogP contribution in [0.3, 0.4) is 0 Å². The maximum absolute atomic E-state index is 10.6. The summed E-state index contributed by atoms with van der Waals surface area (Å²) in [5.74, 6) is 0. The largest absolute Gasteiger partial charge is 0.392 e. The van der Waals surface area contributed by atoms with Crippen LogP contribution in [-0.4, -0.2) is 34.6 Å². The van der Waals surface area contributed by atoms with Crippen molar-refractivity contribution in [2.24, 2.45) is 0 Å². The minimum Gasteiger partial charge on any atom is -0.392 e. The maximum Gasteiger partial charge on any atom is 0.0937 e. The molecule has 0 aromatic carbocycles. The highest BCUT2D eigenvalue weighted by atomic mass is 16.6. The van der Waals surface area contributed by atoms with E-state index in [0.717, 1.165) is 49.7 Å². The number of aliphatic hydroxyl groups is 2. The fourth-order valence-corrected chi connectivity index (χ4v) is 3.44. The lowest BCUT2D eigenvalue weighted by atomic mass is 9.92. The van der Waals surface area contributed by atoms with Crippen molar-refractivity contribution in [3.8, 4) is 0 Å². The number of aliphatic hydroxyl groups excluding tert-OH is 2.